The molecule has 7 heteroatoms. The number of hydrogen-bond donors (Lipinski definition) is 1. The van der Waals surface area contributed by atoms with Gasteiger partial charge < -0.3 is 19.2 Å². The first kappa shape index (κ1) is 21.3. The van der Waals surface area contributed by atoms with Crippen molar-refractivity contribution in [2.24, 2.45) is 5.92 Å². The van der Waals surface area contributed by atoms with E-state index in [2.05, 4.69) is 28.2 Å². The standard InChI is InChI=1S/C25H28BrN3O3/c1-16-6-8-19(9-7-16)27-24(31)25(2)15-28-20-10-11-32-22(20)13-21(28)23(30)29(25)14-17-4-3-5-18(26)12-17/h3-5,10-13,16,19H,6-9,14-15H2,1-2H3,(H,27,31). The van der Waals surface area contributed by atoms with Crippen LogP contribution in [0, 0.1) is 5.92 Å². The van der Waals surface area contributed by atoms with E-state index < -0.39 is 5.54 Å². The minimum atomic E-state index is -1.02. The van der Waals surface area contributed by atoms with E-state index in [-0.39, 0.29) is 17.9 Å². The van der Waals surface area contributed by atoms with Crippen molar-refractivity contribution in [3.8, 4) is 0 Å². The van der Waals surface area contributed by atoms with Crippen molar-refractivity contribution in [3.63, 3.8) is 0 Å². The lowest BCUT2D eigenvalue weighted by atomic mass is 9.86. The van der Waals surface area contributed by atoms with E-state index in [9.17, 15) is 9.59 Å². The van der Waals surface area contributed by atoms with Crippen LogP contribution in [0.2, 0.25) is 0 Å². The third-order valence-corrected chi connectivity index (χ3v) is 7.61. The number of halogens is 1. The average molecular weight is 498 g/mol. The summed E-state index contributed by atoms with van der Waals surface area (Å²) in [5.74, 6) is 0.466. The molecule has 1 aliphatic heterocycles. The minimum absolute atomic E-state index is 0.0867. The van der Waals surface area contributed by atoms with Crippen molar-refractivity contribution >= 4 is 38.8 Å². The Balaban J connectivity index is 1.51. The Morgan fingerprint density at radius 3 is 2.75 bits per heavy atom. The Bertz CT molecular complexity index is 1170. The molecule has 2 amide bonds. The highest BCUT2D eigenvalue weighted by atomic mass is 79.9. The number of nitrogens with one attached hydrogen (secondary N) is 1. The third kappa shape index (κ3) is 3.66. The van der Waals surface area contributed by atoms with Crippen LogP contribution in [0.15, 0.2) is 51.6 Å². The summed E-state index contributed by atoms with van der Waals surface area (Å²) in [7, 11) is 0. The predicted octanol–water partition coefficient (Wildman–Crippen LogP) is 5.11. The van der Waals surface area contributed by atoms with Gasteiger partial charge in [0.05, 0.1) is 18.3 Å². The molecule has 1 saturated carbocycles. The summed E-state index contributed by atoms with van der Waals surface area (Å²) >= 11 is 3.51. The largest absolute Gasteiger partial charge is 0.463 e. The van der Waals surface area contributed by atoms with Gasteiger partial charge in [-0.05, 0) is 56.2 Å². The molecule has 0 saturated heterocycles. The fourth-order valence-corrected chi connectivity index (χ4v) is 5.53. The molecule has 2 aromatic heterocycles. The van der Waals surface area contributed by atoms with E-state index in [1.807, 2.05) is 41.8 Å². The molecule has 1 unspecified atom stereocenters. The van der Waals surface area contributed by atoms with Gasteiger partial charge in [-0.1, -0.05) is 35.0 Å². The number of furan rings is 1. The number of hydrogen-bond acceptors (Lipinski definition) is 3. The Kier molecular flexibility index (Phi) is 5.40. The number of fused-ring (bicyclic) bond motifs is 3. The number of aromatic nitrogens is 1. The molecular formula is C25H28BrN3O3. The molecule has 1 aliphatic carbocycles. The van der Waals surface area contributed by atoms with Gasteiger partial charge in [0.15, 0.2) is 5.58 Å². The average Bonchev–Trinajstić information content (AvgIpc) is 3.35. The molecule has 3 aromatic rings. The van der Waals surface area contributed by atoms with Gasteiger partial charge in [0.25, 0.3) is 5.91 Å². The summed E-state index contributed by atoms with van der Waals surface area (Å²) in [5.41, 5.74) is 2.04. The maximum absolute atomic E-state index is 13.7. The first-order valence-electron chi connectivity index (χ1n) is 11.3. The maximum atomic E-state index is 13.7. The van der Waals surface area contributed by atoms with Crippen LogP contribution in [0.5, 0.6) is 0 Å². The Morgan fingerprint density at radius 1 is 1.22 bits per heavy atom. The summed E-state index contributed by atoms with van der Waals surface area (Å²) in [6, 6.07) is 11.7. The quantitative estimate of drug-likeness (QED) is 0.544. The van der Waals surface area contributed by atoms with Gasteiger partial charge in [0, 0.05) is 29.2 Å². The van der Waals surface area contributed by atoms with Gasteiger partial charge >= 0.3 is 0 Å². The molecule has 1 N–H and O–H groups in total. The van der Waals surface area contributed by atoms with Crippen LogP contribution in [-0.2, 0) is 17.9 Å². The van der Waals surface area contributed by atoms with E-state index in [1.165, 1.54) is 0 Å². The lowest BCUT2D eigenvalue weighted by Gasteiger charge is -2.45. The lowest BCUT2D eigenvalue weighted by Crippen LogP contribution is -2.64. The number of nitrogens with zero attached hydrogens (tertiary/aromatic N) is 2. The second-order valence-corrected chi connectivity index (χ2v) is 10.4. The summed E-state index contributed by atoms with van der Waals surface area (Å²) in [6.07, 6.45) is 5.85. The first-order valence-corrected chi connectivity index (χ1v) is 12.1. The van der Waals surface area contributed by atoms with E-state index in [1.54, 1.807) is 17.2 Å². The normalized spacial score (nSPS) is 25.7. The van der Waals surface area contributed by atoms with Crippen LogP contribution < -0.4 is 5.32 Å². The van der Waals surface area contributed by atoms with Crippen molar-refractivity contribution in [1.82, 2.24) is 14.8 Å². The fraction of sp³-hybridized carbons (Fsp3) is 0.440. The number of carbonyl (C=O) groups excluding carboxylic acids is 2. The zero-order chi connectivity index (χ0) is 22.5. The Morgan fingerprint density at radius 2 is 2.00 bits per heavy atom. The second kappa shape index (κ2) is 8.10. The molecule has 0 radical (unpaired) electrons. The Labute approximate surface area is 196 Å². The third-order valence-electron chi connectivity index (χ3n) is 7.12. The van der Waals surface area contributed by atoms with E-state index in [0.717, 1.165) is 41.2 Å². The topological polar surface area (TPSA) is 67.5 Å². The van der Waals surface area contributed by atoms with E-state index in [4.69, 9.17) is 4.42 Å². The molecule has 0 bridgehead atoms. The summed E-state index contributed by atoms with van der Waals surface area (Å²) in [5, 5.41) is 3.28. The molecule has 0 spiro atoms. The SMILES string of the molecule is CC1CCC(NC(=O)C2(C)Cn3c(cc4occc43)C(=O)N2Cc2cccc(Br)c2)CC1. The van der Waals surface area contributed by atoms with Crippen molar-refractivity contribution in [1.29, 1.82) is 0 Å². The zero-order valence-corrected chi connectivity index (χ0v) is 20.0. The van der Waals surface area contributed by atoms with Gasteiger partial charge in [0.1, 0.15) is 11.2 Å². The molecule has 2 aliphatic rings. The molecule has 1 fully saturated rings. The highest BCUT2D eigenvalue weighted by molar-refractivity contribution is 9.10. The van der Waals surface area contributed by atoms with Crippen LogP contribution >= 0.6 is 15.9 Å². The van der Waals surface area contributed by atoms with Crippen LogP contribution in [0.4, 0.5) is 0 Å². The molecule has 32 heavy (non-hydrogen) atoms. The van der Waals surface area contributed by atoms with Crippen molar-refractivity contribution in [2.75, 3.05) is 0 Å². The first-order chi connectivity index (χ1) is 15.3. The predicted molar refractivity (Wildman–Crippen MR) is 126 cm³/mol. The van der Waals surface area contributed by atoms with Gasteiger partial charge in [-0.15, -0.1) is 0 Å². The molecule has 1 aromatic carbocycles. The van der Waals surface area contributed by atoms with Crippen molar-refractivity contribution < 1.29 is 14.0 Å². The van der Waals surface area contributed by atoms with Crippen LogP contribution in [0.25, 0.3) is 11.1 Å². The second-order valence-electron chi connectivity index (χ2n) is 9.51. The van der Waals surface area contributed by atoms with Gasteiger partial charge in [-0.2, -0.15) is 0 Å². The molecular weight excluding hydrogens is 470 g/mol. The number of amides is 2. The van der Waals surface area contributed by atoms with E-state index >= 15 is 0 Å². The van der Waals surface area contributed by atoms with Crippen LogP contribution in [0.3, 0.4) is 0 Å². The maximum Gasteiger partial charge on any atom is 0.271 e. The molecule has 3 heterocycles. The fourth-order valence-electron chi connectivity index (χ4n) is 5.08. The minimum Gasteiger partial charge on any atom is -0.463 e. The molecule has 1 atom stereocenters. The smallest absolute Gasteiger partial charge is 0.271 e. The Hall–Kier alpha value is -2.54. The summed E-state index contributed by atoms with van der Waals surface area (Å²) in [4.78, 5) is 29.2. The van der Waals surface area contributed by atoms with E-state index in [0.29, 0.717) is 30.3 Å². The lowest BCUT2D eigenvalue weighted by molar-refractivity contribution is -0.134. The number of carbonyl (C=O) groups is 2. The van der Waals surface area contributed by atoms with Gasteiger partial charge in [-0.25, -0.2) is 0 Å². The van der Waals surface area contributed by atoms with Crippen LogP contribution in [0.1, 0.15) is 55.6 Å². The number of rotatable bonds is 4. The van der Waals surface area contributed by atoms with Gasteiger partial charge in [-0.3, -0.25) is 9.59 Å². The zero-order valence-electron chi connectivity index (χ0n) is 18.4. The highest BCUT2D eigenvalue weighted by Gasteiger charge is 2.48. The monoisotopic (exact) mass is 497 g/mol. The van der Waals surface area contributed by atoms with Crippen molar-refractivity contribution in [2.45, 2.75) is 64.2 Å². The summed E-state index contributed by atoms with van der Waals surface area (Å²) in [6.45, 7) is 4.90. The van der Waals surface area contributed by atoms with Gasteiger partial charge in [0.2, 0.25) is 5.91 Å². The summed E-state index contributed by atoms with van der Waals surface area (Å²) < 4.78 is 8.43. The molecule has 168 valence electrons. The molecule has 6 nitrogen and oxygen atoms in total. The molecule has 5 rings (SSSR count). The number of benzene rings is 1. The van der Waals surface area contributed by atoms with Crippen LogP contribution in [-0.4, -0.2) is 32.9 Å². The highest BCUT2D eigenvalue weighted by Crippen LogP contribution is 2.34. The van der Waals surface area contributed by atoms with Crippen molar-refractivity contribution in [3.05, 3.63) is 58.4 Å².